The number of aliphatic carboxylic acids is 1. The van der Waals surface area contributed by atoms with Crippen LogP contribution in [0, 0.1) is 5.41 Å². The maximum atomic E-state index is 11.2. The average molecular weight is 242 g/mol. The first-order valence-electron chi connectivity index (χ1n) is 6.42. The number of carboxylic acid groups (broad SMARTS) is 1. The number of rotatable bonds is 5. The maximum absolute atomic E-state index is 11.2. The highest BCUT2D eigenvalue weighted by molar-refractivity contribution is 5.90. The van der Waals surface area contributed by atoms with E-state index in [4.69, 9.17) is 9.84 Å². The molecule has 4 heteroatoms. The Kier molecular flexibility index (Phi) is 4.97. The molecule has 0 unspecified atom stereocenters. The minimum atomic E-state index is -1.12. The maximum Gasteiger partial charge on any atom is 0.317 e. The van der Waals surface area contributed by atoms with Crippen molar-refractivity contribution in [1.29, 1.82) is 0 Å². The molecule has 0 bridgehead atoms. The fourth-order valence-corrected chi connectivity index (χ4v) is 2.63. The van der Waals surface area contributed by atoms with Gasteiger partial charge in [-0.3, -0.25) is 9.59 Å². The number of ether oxygens (including phenoxy) is 1. The molecule has 1 fully saturated rings. The second kappa shape index (κ2) is 6.03. The van der Waals surface area contributed by atoms with Gasteiger partial charge < -0.3 is 9.84 Å². The van der Waals surface area contributed by atoms with Crippen LogP contribution in [-0.2, 0) is 14.3 Å². The highest BCUT2D eigenvalue weighted by Gasteiger charge is 2.33. The lowest BCUT2D eigenvalue weighted by Gasteiger charge is -2.38. The van der Waals surface area contributed by atoms with Crippen LogP contribution < -0.4 is 0 Å². The second-order valence-electron chi connectivity index (χ2n) is 4.97. The summed E-state index contributed by atoms with van der Waals surface area (Å²) in [6.07, 6.45) is 5.62. The number of carbonyl (C=O) groups excluding carboxylic acids is 1. The molecule has 4 nitrogen and oxygen atoms in total. The van der Waals surface area contributed by atoms with Gasteiger partial charge in [0.25, 0.3) is 0 Å². The molecule has 1 aliphatic rings. The van der Waals surface area contributed by atoms with E-state index >= 15 is 0 Å². The lowest BCUT2D eigenvalue weighted by molar-refractivity contribution is -0.157. The van der Waals surface area contributed by atoms with Crippen LogP contribution in [-0.4, -0.2) is 23.1 Å². The van der Waals surface area contributed by atoms with E-state index in [0.29, 0.717) is 5.41 Å². The van der Waals surface area contributed by atoms with Gasteiger partial charge >= 0.3 is 11.9 Å². The molecule has 1 aliphatic carbocycles. The van der Waals surface area contributed by atoms with Crippen molar-refractivity contribution in [2.24, 2.45) is 5.41 Å². The summed E-state index contributed by atoms with van der Waals surface area (Å²) >= 11 is 0. The lowest BCUT2D eigenvalue weighted by Crippen LogP contribution is -2.31. The molecule has 17 heavy (non-hydrogen) atoms. The van der Waals surface area contributed by atoms with Crippen molar-refractivity contribution in [1.82, 2.24) is 0 Å². The zero-order valence-corrected chi connectivity index (χ0v) is 10.7. The van der Waals surface area contributed by atoms with Crippen molar-refractivity contribution in [3.63, 3.8) is 0 Å². The van der Waals surface area contributed by atoms with Crippen molar-refractivity contribution < 1.29 is 19.4 Å². The van der Waals surface area contributed by atoms with Crippen LogP contribution in [0.15, 0.2) is 0 Å². The smallest absolute Gasteiger partial charge is 0.317 e. The molecule has 98 valence electrons. The largest absolute Gasteiger partial charge is 0.481 e. The summed E-state index contributed by atoms with van der Waals surface area (Å²) in [5.74, 6) is -1.73. The minimum absolute atomic E-state index is 0.0759. The quantitative estimate of drug-likeness (QED) is 0.594. The Morgan fingerprint density at radius 2 is 1.76 bits per heavy atom. The first-order chi connectivity index (χ1) is 8.01. The minimum Gasteiger partial charge on any atom is -0.481 e. The SMILES string of the molecule is CCC1(CC)CCC(OC(=O)CC(=O)O)CC1. The molecule has 0 radical (unpaired) electrons. The summed E-state index contributed by atoms with van der Waals surface area (Å²) in [4.78, 5) is 21.6. The third-order valence-electron chi connectivity index (χ3n) is 4.09. The van der Waals surface area contributed by atoms with Gasteiger partial charge in [-0.05, 0) is 31.1 Å². The van der Waals surface area contributed by atoms with Gasteiger partial charge in [-0.2, -0.15) is 0 Å². The molecule has 0 aliphatic heterocycles. The monoisotopic (exact) mass is 242 g/mol. The molecular formula is C13H22O4. The molecule has 0 aromatic heterocycles. The van der Waals surface area contributed by atoms with E-state index in [0.717, 1.165) is 25.7 Å². The van der Waals surface area contributed by atoms with Gasteiger partial charge in [0.2, 0.25) is 0 Å². The average Bonchev–Trinajstić information content (AvgIpc) is 2.29. The van der Waals surface area contributed by atoms with Gasteiger partial charge in [-0.15, -0.1) is 0 Å². The van der Waals surface area contributed by atoms with Crippen LogP contribution >= 0.6 is 0 Å². The molecule has 0 atom stereocenters. The van der Waals surface area contributed by atoms with E-state index in [1.165, 1.54) is 12.8 Å². The van der Waals surface area contributed by atoms with E-state index < -0.39 is 18.4 Å². The highest BCUT2D eigenvalue weighted by Crippen LogP contribution is 2.42. The van der Waals surface area contributed by atoms with E-state index in [9.17, 15) is 9.59 Å². The molecular weight excluding hydrogens is 220 g/mol. The van der Waals surface area contributed by atoms with Crippen LogP contribution in [0.2, 0.25) is 0 Å². The van der Waals surface area contributed by atoms with Gasteiger partial charge in [-0.25, -0.2) is 0 Å². The van der Waals surface area contributed by atoms with Crippen LogP contribution in [0.1, 0.15) is 58.8 Å². The zero-order chi connectivity index (χ0) is 12.9. The van der Waals surface area contributed by atoms with Crippen molar-refractivity contribution >= 4 is 11.9 Å². The Morgan fingerprint density at radius 1 is 1.24 bits per heavy atom. The predicted molar refractivity (Wildman–Crippen MR) is 63.6 cm³/mol. The molecule has 1 rings (SSSR count). The Labute approximate surface area is 102 Å². The number of carbonyl (C=O) groups is 2. The Balaban J connectivity index is 2.37. The summed E-state index contributed by atoms with van der Waals surface area (Å²) < 4.78 is 5.16. The summed E-state index contributed by atoms with van der Waals surface area (Å²) in [5.41, 5.74) is 0.412. The summed E-state index contributed by atoms with van der Waals surface area (Å²) in [6.45, 7) is 4.42. The standard InChI is InChI=1S/C13H22O4/c1-3-13(4-2)7-5-10(6-8-13)17-12(16)9-11(14)15/h10H,3-9H2,1-2H3,(H,14,15). The molecule has 1 N–H and O–H groups in total. The molecule has 0 heterocycles. The fraction of sp³-hybridized carbons (Fsp3) is 0.846. The van der Waals surface area contributed by atoms with E-state index in [2.05, 4.69) is 13.8 Å². The van der Waals surface area contributed by atoms with Gasteiger partial charge in [-0.1, -0.05) is 26.7 Å². The van der Waals surface area contributed by atoms with Crippen molar-refractivity contribution in [3.05, 3.63) is 0 Å². The normalized spacial score (nSPS) is 19.9. The number of hydrogen-bond acceptors (Lipinski definition) is 3. The second-order valence-corrected chi connectivity index (χ2v) is 4.97. The summed E-state index contributed by atoms with van der Waals surface area (Å²) in [7, 11) is 0. The first-order valence-corrected chi connectivity index (χ1v) is 6.42. The van der Waals surface area contributed by atoms with Gasteiger partial charge in [0.1, 0.15) is 12.5 Å². The van der Waals surface area contributed by atoms with Crippen molar-refractivity contribution in [2.75, 3.05) is 0 Å². The van der Waals surface area contributed by atoms with E-state index in [1.54, 1.807) is 0 Å². The Morgan fingerprint density at radius 3 is 2.18 bits per heavy atom. The number of esters is 1. The summed E-state index contributed by atoms with van der Waals surface area (Å²) in [6, 6.07) is 0. The molecule has 0 saturated heterocycles. The Bertz CT molecular complexity index is 271. The molecule has 0 spiro atoms. The van der Waals surface area contributed by atoms with Gasteiger partial charge in [0.15, 0.2) is 0 Å². The highest BCUT2D eigenvalue weighted by atomic mass is 16.5. The molecule has 0 aromatic rings. The lowest BCUT2D eigenvalue weighted by atomic mass is 9.70. The van der Waals surface area contributed by atoms with Crippen LogP contribution in [0.4, 0.5) is 0 Å². The van der Waals surface area contributed by atoms with Crippen LogP contribution in [0.5, 0.6) is 0 Å². The molecule has 1 saturated carbocycles. The van der Waals surface area contributed by atoms with E-state index in [-0.39, 0.29) is 6.10 Å². The first kappa shape index (κ1) is 14.0. The van der Waals surface area contributed by atoms with Gasteiger partial charge in [0, 0.05) is 0 Å². The molecule has 0 amide bonds. The third-order valence-corrected chi connectivity index (χ3v) is 4.09. The number of carboxylic acids is 1. The molecule has 0 aromatic carbocycles. The van der Waals surface area contributed by atoms with E-state index in [1.807, 2.05) is 0 Å². The van der Waals surface area contributed by atoms with Crippen molar-refractivity contribution in [2.45, 2.75) is 64.9 Å². The Hall–Kier alpha value is -1.06. The van der Waals surface area contributed by atoms with Gasteiger partial charge in [0.05, 0.1) is 0 Å². The number of hydrogen-bond donors (Lipinski definition) is 1. The zero-order valence-electron chi connectivity index (χ0n) is 10.7. The fourth-order valence-electron chi connectivity index (χ4n) is 2.63. The summed E-state index contributed by atoms with van der Waals surface area (Å²) in [5, 5.41) is 8.47. The van der Waals surface area contributed by atoms with Crippen LogP contribution in [0.3, 0.4) is 0 Å². The third kappa shape index (κ3) is 4.02. The predicted octanol–water partition coefficient (Wildman–Crippen LogP) is 2.75. The topological polar surface area (TPSA) is 63.6 Å². The van der Waals surface area contributed by atoms with Crippen molar-refractivity contribution in [3.8, 4) is 0 Å². The van der Waals surface area contributed by atoms with Crippen LogP contribution in [0.25, 0.3) is 0 Å².